The van der Waals surface area contributed by atoms with Gasteiger partial charge in [-0.25, -0.2) is 4.98 Å². The second-order valence-electron chi connectivity index (χ2n) is 6.16. The number of fused-ring (bicyclic) bond motifs is 1. The predicted octanol–water partition coefficient (Wildman–Crippen LogP) is 3.31. The molecule has 5 nitrogen and oxygen atoms in total. The summed E-state index contributed by atoms with van der Waals surface area (Å²) >= 11 is 1.67. The lowest BCUT2D eigenvalue weighted by molar-refractivity contribution is -0.116. The molecule has 0 spiro atoms. The van der Waals surface area contributed by atoms with Crippen molar-refractivity contribution in [3.8, 4) is 5.75 Å². The summed E-state index contributed by atoms with van der Waals surface area (Å²) in [6, 6.07) is 7.18. The number of benzene rings is 1. The lowest BCUT2D eigenvalue weighted by Gasteiger charge is -2.25. The van der Waals surface area contributed by atoms with E-state index in [1.807, 2.05) is 12.1 Å². The van der Waals surface area contributed by atoms with Crippen LogP contribution in [0.1, 0.15) is 42.0 Å². The van der Waals surface area contributed by atoms with Crippen LogP contribution in [0.25, 0.3) is 0 Å². The van der Waals surface area contributed by atoms with Crippen molar-refractivity contribution in [3.63, 3.8) is 0 Å². The van der Waals surface area contributed by atoms with E-state index >= 15 is 0 Å². The molecular formula is C17H19N3O2S. The van der Waals surface area contributed by atoms with E-state index < -0.39 is 0 Å². The number of hydrogen-bond donors (Lipinski definition) is 2. The van der Waals surface area contributed by atoms with Crippen LogP contribution in [0, 0.1) is 0 Å². The highest BCUT2D eigenvalue weighted by Gasteiger charge is 2.31. The van der Waals surface area contributed by atoms with E-state index in [-0.39, 0.29) is 17.6 Å². The molecule has 3 heterocycles. The van der Waals surface area contributed by atoms with Gasteiger partial charge in [-0.3, -0.25) is 4.79 Å². The van der Waals surface area contributed by atoms with Crippen molar-refractivity contribution >= 4 is 28.2 Å². The van der Waals surface area contributed by atoms with Gasteiger partial charge in [-0.05, 0) is 37.0 Å². The topological polar surface area (TPSA) is 65.5 Å². The second-order valence-corrected chi connectivity index (χ2v) is 7.17. The number of carbonyl (C=O) groups is 1. The summed E-state index contributed by atoms with van der Waals surface area (Å²) in [6.45, 7) is 2.08. The van der Waals surface area contributed by atoms with Gasteiger partial charge in [-0.15, -0.1) is 0 Å². The van der Waals surface area contributed by atoms with Crippen LogP contribution in [-0.4, -0.2) is 29.1 Å². The Morgan fingerprint density at radius 2 is 2.09 bits per heavy atom. The van der Waals surface area contributed by atoms with E-state index in [0.29, 0.717) is 12.2 Å². The number of piperidine rings is 1. The molecule has 23 heavy (non-hydrogen) atoms. The maximum Gasteiger partial charge on any atom is 0.226 e. The van der Waals surface area contributed by atoms with E-state index in [4.69, 9.17) is 0 Å². The quantitative estimate of drug-likeness (QED) is 0.887. The predicted molar refractivity (Wildman–Crippen MR) is 91.4 cm³/mol. The third kappa shape index (κ3) is 2.79. The minimum absolute atomic E-state index is 0.0127. The maximum atomic E-state index is 12.1. The first-order chi connectivity index (χ1) is 11.2. The average molecular weight is 329 g/mol. The molecule has 1 atom stereocenters. The first kappa shape index (κ1) is 14.5. The Morgan fingerprint density at radius 3 is 2.87 bits per heavy atom. The Balaban J connectivity index is 1.71. The van der Waals surface area contributed by atoms with Crippen molar-refractivity contribution in [3.05, 3.63) is 34.7 Å². The lowest BCUT2D eigenvalue weighted by Crippen LogP contribution is -2.29. The van der Waals surface area contributed by atoms with Crippen LogP contribution in [0.2, 0.25) is 0 Å². The molecular weight excluding hydrogens is 310 g/mol. The molecule has 120 valence electrons. The number of hydrogen-bond acceptors (Lipinski definition) is 5. The minimum Gasteiger partial charge on any atom is -0.508 e. The molecule has 6 heteroatoms. The number of nitrogens with one attached hydrogen (secondary N) is 1. The number of aromatic nitrogens is 1. The number of phenols is 1. The largest absolute Gasteiger partial charge is 0.508 e. The molecule has 2 N–H and O–H groups in total. The number of carbonyl (C=O) groups excluding carboxylic acids is 1. The molecule has 0 aliphatic carbocycles. The molecule has 2 aliphatic heterocycles. The van der Waals surface area contributed by atoms with Gasteiger partial charge >= 0.3 is 0 Å². The van der Waals surface area contributed by atoms with Gasteiger partial charge in [0.2, 0.25) is 5.91 Å². The number of aromatic hydroxyl groups is 1. The standard InChI is InChI=1S/C17H19N3O2S/c21-12-6-4-5-11(9-12)13-10-14(22)18-16-15(13)23-17(19-16)20-7-2-1-3-8-20/h4-6,9,13,21H,1-3,7-8,10H2,(H,18,22). The summed E-state index contributed by atoms with van der Waals surface area (Å²) in [6.07, 6.45) is 4.08. The number of rotatable bonds is 2. The minimum atomic E-state index is -0.0260. The zero-order valence-electron chi connectivity index (χ0n) is 12.8. The van der Waals surface area contributed by atoms with Gasteiger partial charge in [0.05, 0.1) is 4.88 Å². The van der Waals surface area contributed by atoms with E-state index in [1.54, 1.807) is 23.5 Å². The summed E-state index contributed by atoms with van der Waals surface area (Å²) in [5.41, 5.74) is 0.968. The summed E-state index contributed by atoms with van der Waals surface area (Å²) < 4.78 is 0. The Morgan fingerprint density at radius 1 is 1.26 bits per heavy atom. The Kier molecular flexibility index (Phi) is 3.69. The first-order valence-corrected chi connectivity index (χ1v) is 8.87. The van der Waals surface area contributed by atoms with E-state index in [1.165, 1.54) is 19.3 Å². The van der Waals surface area contributed by atoms with Gasteiger partial charge in [-0.1, -0.05) is 23.5 Å². The van der Waals surface area contributed by atoms with Gasteiger partial charge in [0.1, 0.15) is 11.6 Å². The number of thiazole rings is 1. The van der Waals surface area contributed by atoms with Crippen molar-refractivity contribution in [1.29, 1.82) is 0 Å². The highest BCUT2D eigenvalue weighted by atomic mass is 32.1. The molecule has 1 aromatic heterocycles. The Bertz CT molecular complexity index is 737. The summed E-state index contributed by atoms with van der Waals surface area (Å²) in [5.74, 6) is 0.888. The number of nitrogens with zero attached hydrogens (tertiary/aromatic N) is 2. The van der Waals surface area contributed by atoms with Crippen LogP contribution in [0.15, 0.2) is 24.3 Å². The molecule has 1 saturated heterocycles. The molecule has 1 fully saturated rings. The van der Waals surface area contributed by atoms with Crippen LogP contribution >= 0.6 is 11.3 Å². The number of amides is 1. The summed E-state index contributed by atoms with van der Waals surface area (Å²) in [4.78, 5) is 20.1. The Hall–Kier alpha value is -2.08. The third-order valence-corrected chi connectivity index (χ3v) is 5.73. The van der Waals surface area contributed by atoms with Gasteiger partial charge in [0.15, 0.2) is 5.13 Å². The van der Waals surface area contributed by atoms with Crippen molar-refractivity contribution in [2.45, 2.75) is 31.6 Å². The molecule has 2 aliphatic rings. The van der Waals surface area contributed by atoms with Gasteiger partial charge < -0.3 is 15.3 Å². The van der Waals surface area contributed by atoms with Crippen molar-refractivity contribution in [1.82, 2.24) is 4.98 Å². The lowest BCUT2D eigenvalue weighted by atomic mass is 9.91. The normalized spacial score (nSPS) is 21.0. The van der Waals surface area contributed by atoms with Gasteiger partial charge in [-0.2, -0.15) is 0 Å². The monoisotopic (exact) mass is 329 g/mol. The van der Waals surface area contributed by atoms with Gasteiger partial charge in [0, 0.05) is 25.4 Å². The highest BCUT2D eigenvalue weighted by molar-refractivity contribution is 7.16. The number of anilines is 2. The fourth-order valence-electron chi connectivity index (χ4n) is 3.34. The molecule has 4 rings (SSSR count). The fourth-order valence-corrected chi connectivity index (χ4v) is 4.54. The zero-order chi connectivity index (χ0) is 15.8. The van der Waals surface area contributed by atoms with Crippen molar-refractivity contribution in [2.75, 3.05) is 23.3 Å². The van der Waals surface area contributed by atoms with Crippen LogP contribution in [0.4, 0.5) is 10.9 Å². The highest BCUT2D eigenvalue weighted by Crippen LogP contribution is 2.43. The number of phenolic OH excluding ortho intramolecular Hbond substituents is 1. The zero-order valence-corrected chi connectivity index (χ0v) is 13.6. The van der Waals surface area contributed by atoms with Crippen LogP contribution in [0.5, 0.6) is 5.75 Å². The van der Waals surface area contributed by atoms with Crippen molar-refractivity contribution in [2.24, 2.45) is 0 Å². The molecule has 0 bridgehead atoms. The molecule has 1 aromatic carbocycles. The molecule has 0 radical (unpaired) electrons. The SMILES string of the molecule is O=C1CC(c2cccc(O)c2)c2sc(N3CCCCC3)nc2N1. The van der Waals surface area contributed by atoms with E-state index in [9.17, 15) is 9.90 Å². The third-order valence-electron chi connectivity index (χ3n) is 4.51. The molecule has 1 amide bonds. The average Bonchev–Trinajstić information content (AvgIpc) is 2.98. The summed E-state index contributed by atoms with van der Waals surface area (Å²) in [7, 11) is 0. The van der Waals surface area contributed by atoms with E-state index in [0.717, 1.165) is 28.7 Å². The molecule has 1 unspecified atom stereocenters. The smallest absolute Gasteiger partial charge is 0.226 e. The Labute approximate surface area is 139 Å². The van der Waals surface area contributed by atoms with E-state index in [2.05, 4.69) is 15.2 Å². The maximum absolute atomic E-state index is 12.1. The van der Waals surface area contributed by atoms with Crippen LogP contribution < -0.4 is 10.2 Å². The first-order valence-electron chi connectivity index (χ1n) is 8.05. The fraction of sp³-hybridized carbons (Fsp3) is 0.412. The molecule has 0 saturated carbocycles. The second kappa shape index (κ2) is 5.85. The summed E-state index contributed by atoms with van der Waals surface area (Å²) in [5, 5.41) is 13.7. The van der Waals surface area contributed by atoms with Crippen molar-refractivity contribution < 1.29 is 9.90 Å². The van der Waals surface area contributed by atoms with Crippen LogP contribution in [0.3, 0.4) is 0 Å². The molecule has 2 aromatic rings. The van der Waals surface area contributed by atoms with Crippen LogP contribution in [-0.2, 0) is 4.79 Å². The van der Waals surface area contributed by atoms with Gasteiger partial charge in [0.25, 0.3) is 0 Å².